The van der Waals surface area contributed by atoms with Gasteiger partial charge in [0, 0.05) is 52.0 Å². The van der Waals surface area contributed by atoms with Crippen LogP contribution in [0.3, 0.4) is 0 Å². The topological polar surface area (TPSA) is 58.1 Å². The Morgan fingerprint density at radius 3 is 2.61 bits per heavy atom. The maximum absolute atomic E-state index is 5.94. The Morgan fingerprint density at radius 2 is 1.86 bits per heavy atom. The number of piperidine rings is 1. The van der Waals surface area contributed by atoms with Gasteiger partial charge in [-0.3, -0.25) is 9.89 Å². The third-order valence-corrected chi connectivity index (χ3v) is 6.24. The van der Waals surface area contributed by atoms with Crippen molar-refractivity contribution < 1.29 is 9.47 Å². The molecule has 1 unspecified atom stereocenters. The van der Waals surface area contributed by atoms with Crippen molar-refractivity contribution in [1.29, 1.82) is 0 Å². The van der Waals surface area contributed by atoms with Crippen molar-refractivity contribution in [1.82, 2.24) is 15.5 Å². The number of nitrogens with one attached hydrogen (secondary N) is 2. The molecule has 3 aliphatic rings. The molecule has 1 aliphatic carbocycles. The summed E-state index contributed by atoms with van der Waals surface area (Å²) >= 11 is 0. The molecule has 0 spiro atoms. The largest absolute Gasteiger partial charge is 0.381 e. The van der Waals surface area contributed by atoms with E-state index in [4.69, 9.17) is 9.47 Å². The van der Waals surface area contributed by atoms with E-state index in [1.54, 1.807) is 0 Å². The first-order valence-corrected chi connectivity index (χ1v) is 11.3. The quantitative estimate of drug-likeness (QED) is 0.240. The standard InChI is InChI=1S/C21H40N4O2.HI/c1-22-21(23-12-6-14-27-20-10-15-26-16-11-20)24-18-7-5-13-25(17-18)19-8-3-2-4-9-19;/h18-20H,2-17H2,1H3,(H2,22,23,24);1H. The summed E-state index contributed by atoms with van der Waals surface area (Å²) in [5, 5.41) is 7.12. The smallest absolute Gasteiger partial charge is 0.191 e. The lowest BCUT2D eigenvalue weighted by Gasteiger charge is -2.40. The Hall–Kier alpha value is -0.120. The predicted octanol–water partition coefficient (Wildman–Crippen LogP) is 3.15. The molecule has 0 aromatic heterocycles. The van der Waals surface area contributed by atoms with Gasteiger partial charge >= 0.3 is 0 Å². The van der Waals surface area contributed by atoms with Gasteiger partial charge in [-0.05, 0) is 51.5 Å². The summed E-state index contributed by atoms with van der Waals surface area (Å²) in [6, 6.07) is 1.34. The van der Waals surface area contributed by atoms with Gasteiger partial charge in [-0.1, -0.05) is 19.3 Å². The Balaban J connectivity index is 0.00000280. The molecule has 164 valence electrons. The predicted molar refractivity (Wildman–Crippen MR) is 126 cm³/mol. The second-order valence-electron chi connectivity index (χ2n) is 8.31. The van der Waals surface area contributed by atoms with E-state index >= 15 is 0 Å². The van der Waals surface area contributed by atoms with Crippen LogP contribution in [0.2, 0.25) is 0 Å². The van der Waals surface area contributed by atoms with Crippen LogP contribution in [-0.4, -0.2) is 75.5 Å². The molecule has 3 fully saturated rings. The molecule has 2 heterocycles. The fourth-order valence-corrected chi connectivity index (χ4v) is 4.66. The summed E-state index contributed by atoms with van der Waals surface area (Å²) in [6.45, 7) is 5.85. The lowest BCUT2D eigenvalue weighted by molar-refractivity contribution is -0.0320. The molecule has 2 aliphatic heterocycles. The normalized spacial score (nSPS) is 25.9. The van der Waals surface area contributed by atoms with Gasteiger partial charge in [0.1, 0.15) is 0 Å². The minimum Gasteiger partial charge on any atom is -0.381 e. The number of nitrogens with zero attached hydrogens (tertiary/aromatic N) is 2. The van der Waals surface area contributed by atoms with Gasteiger partial charge in [0.05, 0.1) is 6.10 Å². The van der Waals surface area contributed by atoms with E-state index in [2.05, 4.69) is 20.5 Å². The molecule has 2 N–H and O–H groups in total. The van der Waals surface area contributed by atoms with Crippen molar-refractivity contribution in [2.24, 2.45) is 4.99 Å². The summed E-state index contributed by atoms with van der Waals surface area (Å²) in [6.07, 6.45) is 13.1. The molecule has 6 nitrogen and oxygen atoms in total. The van der Waals surface area contributed by atoms with E-state index in [1.165, 1.54) is 51.5 Å². The fourth-order valence-electron chi connectivity index (χ4n) is 4.66. The van der Waals surface area contributed by atoms with E-state index in [9.17, 15) is 0 Å². The zero-order valence-electron chi connectivity index (χ0n) is 17.7. The lowest BCUT2D eigenvalue weighted by atomic mass is 9.92. The Labute approximate surface area is 188 Å². The highest BCUT2D eigenvalue weighted by Gasteiger charge is 2.27. The Bertz CT molecular complexity index is 440. The number of likely N-dealkylation sites (tertiary alicyclic amines) is 1. The van der Waals surface area contributed by atoms with Gasteiger partial charge in [0.2, 0.25) is 0 Å². The molecule has 2 saturated heterocycles. The van der Waals surface area contributed by atoms with Crippen LogP contribution in [-0.2, 0) is 9.47 Å². The van der Waals surface area contributed by atoms with E-state index in [0.29, 0.717) is 12.1 Å². The summed E-state index contributed by atoms with van der Waals surface area (Å²) in [7, 11) is 1.87. The van der Waals surface area contributed by atoms with Gasteiger partial charge in [0.15, 0.2) is 5.96 Å². The second-order valence-corrected chi connectivity index (χ2v) is 8.31. The molecule has 0 aromatic carbocycles. The Kier molecular flexibility index (Phi) is 12.1. The highest BCUT2D eigenvalue weighted by atomic mass is 127. The molecule has 0 aromatic rings. The van der Waals surface area contributed by atoms with Crippen molar-refractivity contribution >= 4 is 29.9 Å². The number of hydrogen-bond acceptors (Lipinski definition) is 4. The average molecular weight is 508 g/mol. The number of rotatable bonds is 7. The number of halogens is 1. The maximum Gasteiger partial charge on any atom is 0.191 e. The van der Waals surface area contributed by atoms with Crippen molar-refractivity contribution in [3.8, 4) is 0 Å². The highest BCUT2D eigenvalue weighted by Crippen LogP contribution is 2.25. The molecule has 0 amide bonds. The lowest BCUT2D eigenvalue weighted by Crippen LogP contribution is -2.53. The van der Waals surface area contributed by atoms with Crippen LogP contribution in [0, 0.1) is 0 Å². The van der Waals surface area contributed by atoms with Gasteiger partial charge in [-0.2, -0.15) is 0 Å². The average Bonchev–Trinajstić information content (AvgIpc) is 2.74. The number of hydrogen-bond donors (Lipinski definition) is 2. The molecule has 3 rings (SSSR count). The van der Waals surface area contributed by atoms with Crippen molar-refractivity contribution in [3.63, 3.8) is 0 Å². The van der Waals surface area contributed by atoms with Gasteiger partial charge in [0.25, 0.3) is 0 Å². The van der Waals surface area contributed by atoms with E-state index in [1.807, 2.05) is 7.05 Å². The zero-order valence-corrected chi connectivity index (χ0v) is 20.0. The third-order valence-electron chi connectivity index (χ3n) is 6.24. The first kappa shape index (κ1) is 24.2. The molecular formula is C21H41IN4O2. The number of guanidine groups is 1. The first-order valence-electron chi connectivity index (χ1n) is 11.3. The van der Waals surface area contributed by atoms with E-state index in [0.717, 1.165) is 64.2 Å². The highest BCUT2D eigenvalue weighted by molar-refractivity contribution is 14.0. The molecule has 1 atom stereocenters. The first-order chi connectivity index (χ1) is 13.3. The molecular weight excluding hydrogens is 467 g/mol. The summed E-state index contributed by atoms with van der Waals surface area (Å²) in [5.41, 5.74) is 0. The van der Waals surface area contributed by atoms with Crippen LogP contribution < -0.4 is 10.6 Å². The molecule has 0 radical (unpaired) electrons. The van der Waals surface area contributed by atoms with Crippen molar-refractivity contribution in [2.45, 2.75) is 82.4 Å². The third kappa shape index (κ3) is 8.32. The second kappa shape index (κ2) is 14.0. The maximum atomic E-state index is 5.94. The minimum absolute atomic E-state index is 0. The van der Waals surface area contributed by atoms with Crippen LogP contribution in [0.15, 0.2) is 4.99 Å². The zero-order chi connectivity index (χ0) is 18.7. The number of ether oxygens (including phenoxy) is 2. The van der Waals surface area contributed by atoms with Crippen molar-refractivity contribution in [2.75, 3.05) is 46.5 Å². The minimum atomic E-state index is 0. The van der Waals surface area contributed by atoms with Crippen LogP contribution in [0.1, 0.15) is 64.2 Å². The molecule has 28 heavy (non-hydrogen) atoms. The fraction of sp³-hybridized carbons (Fsp3) is 0.952. The van der Waals surface area contributed by atoms with Crippen LogP contribution in [0.5, 0.6) is 0 Å². The van der Waals surface area contributed by atoms with Gasteiger partial charge < -0.3 is 20.1 Å². The van der Waals surface area contributed by atoms with Gasteiger partial charge in [-0.15, -0.1) is 24.0 Å². The van der Waals surface area contributed by atoms with E-state index < -0.39 is 0 Å². The molecule has 0 bridgehead atoms. The van der Waals surface area contributed by atoms with Crippen molar-refractivity contribution in [3.05, 3.63) is 0 Å². The SMILES string of the molecule is CN=C(NCCCOC1CCOCC1)NC1CCCN(C2CCCCC2)C1.I. The van der Waals surface area contributed by atoms with Crippen LogP contribution >= 0.6 is 24.0 Å². The number of aliphatic imine (C=N–C) groups is 1. The summed E-state index contributed by atoms with van der Waals surface area (Å²) in [5.74, 6) is 0.941. The van der Waals surface area contributed by atoms with Gasteiger partial charge in [-0.25, -0.2) is 0 Å². The summed E-state index contributed by atoms with van der Waals surface area (Å²) < 4.78 is 11.3. The van der Waals surface area contributed by atoms with Crippen LogP contribution in [0.25, 0.3) is 0 Å². The van der Waals surface area contributed by atoms with E-state index in [-0.39, 0.29) is 24.0 Å². The molecule has 1 saturated carbocycles. The van der Waals surface area contributed by atoms with Crippen LogP contribution in [0.4, 0.5) is 0 Å². The Morgan fingerprint density at radius 1 is 1.07 bits per heavy atom. The molecule has 7 heteroatoms. The summed E-state index contributed by atoms with van der Waals surface area (Å²) in [4.78, 5) is 7.16. The monoisotopic (exact) mass is 508 g/mol.